The highest BCUT2D eigenvalue weighted by atomic mass is 19.4. The minimum atomic E-state index is -4.52. The minimum Gasteiger partial charge on any atom is -0.420 e. The molecule has 0 amide bonds. The molecule has 190 valence electrons. The molecule has 0 atom stereocenters. The van der Waals surface area contributed by atoms with Gasteiger partial charge >= 0.3 is 12.1 Å². The number of esters is 1. The second-order valence-electron chi connectivity index (χ2n) is 9.06. The third kappa shape index (κ3) is 4.89. The Hall–Kier alpha value is -4.28. The Labute approximate surface area is 210 Å². The molecule has 5 rings (SSSR count). The molecule has 0 saturated carbocycles. The van der Waals surface area contributed by atoms with E-state index >= 15 is 0 Å². The van der Waals surface area contributed by atoms with E-state index in [-0.39, 0.29) is 24.0 Å². The molecule has 0 bridgehead atoms. The summed E-state index contributed by atoms with van der Waals surface area (Å²) in [6.45, 7) is 4.40. The number of imidazole rings is 1. The standard InChI is InChI=1S/C26H23F3N6O2/c1-15(2)22-18(5-4-10-30-22)23-31-11-19-25(33-23)35(14-21(36)37-19)12-16-6-8-17(9-7-16)24-32-20(13-34(24)3)26(27,28)29/h4-11,13,15H,12,14H2,1-3H3. The van der Waals surface area contributed by atoms with Gasteiger partial charge in [0.1, 0.15) is 12.4 Å². The second kappa shape index (κ2) is 9.30. The van der Waals surface area contributed by atoms with Crippen LogP contribution in [-0.4, -0.2) is 37.0 Å². The lowest BCUT2D eigenvalue weighted by atomic mass is 10.0. The summed E-state index contributed by atoms with van der Waals surface area (Å²) in [6, 6.07) is 10.7. The van der Waals surface area contributed by atoms with Gasteiger partial charge in [0.2, 0.25) is 0 Å². The lowest BCUT2D eigenvalue weighted by Gasteiger charge is -2.28. The normalized spacial score (nSPS) is 13.6. The summed E-state index contributed by atoms with van der Waals surface area (Å²) >= 11 is 0. The van der Waals surface area contributed by atoms with Crippen molar-refractivity contribution in [2.45, 2.75) is 32.5 Å². The molecule has 0 N–H and O–H groups in total. The van der Waals surface area contributed by atoms with Crippen LogP contribution in [-0.2, 0) is 24.6 Å². The molecule has 1 aromatic carbocycles. The lowest BCUT2D eigenvalue weighted by molar-refractivity contribution is -0.141. The maximum Gasteiger partial charge on any atom is 0.434 e. The molecule has 37 heavy (non-hydrogen) atoms. The van der Waals surface area contributed by atoms with Gasteiger partial charge in [-0.25, -0.2) is 19.7 Å². The summed E-state index contributed by atoms with van der Waals surface area (Å²) in [5, 5.41) is 0. The number of alkyl halides is 3. The Morgan fingerprint density at radius 3 is 2.51 bits per heavy atom. The van der Waals surface area contributed by atoms with Crippen LogP contribution in [0, 0.1) is 0 Å². The molecule has 4 aromatic rings. The van der Waals surface area contributed by atoms with Crippen LogP contribution >= 0.6 is 0 Å². The molecule has 3 aromatic heterocycles. The zero-order valence-corrected chi connectivity index (χ0v) is 20.3. The molecule has 0 unspecified atom stereocenters. The highest BCUT2D eigenvalue weighted by Crippen LogP contribution is 2.34. The molecule has 1 aliphatic heterocycles. The number of carbonyl (C=O) groups is 1. The van der Waals surface area contributed by atoms with Gasteiger partial charge in [-0.15, -0.1) is 0 Å². The Bertz CT molecular complexity index is 1460. The van der Waals surface area contributed by atoms with E-state index in [1.807, 2.05) is 26.0 Å². The van der Waals surface area contributed by atoms with Crippen LogP contribution in [0.5, 0.6) is 5.75 Å². The Morgan fingerprint density at radius 2 is 1.84 bits per heavy atom. The van der Waals surface area contributed by atoms with Crippen molar-refractivity contribution >= 4 is 11.8 Å². The number of halogens is 3. The zero-order chi connectivity index (χ0) is 26.3. The van der Waals surface area contributed by atoms with Crippen molar-refractivity contribution in [2.75, 3.05) is 11.4 Å². The molecule has 0 radical (unpaired) electrons. The van der Waals surface area contributed by atoms with Crippen molar-refractivity contribution in [3.8, 4) is 28.5 Å². The SMILES string of the molecule is CC(C)c1ncccc1-c1ncc2c(n1)N(Cc1ccc(-c3nc(C(F)(F)F)cn3C)cc1)CC(=O)O2. The summed E-state index contributed by atoms with van der Waals surface area (Å²) in [7, 11) is 1.52. The van der Waals surface area contributed by atoms with Crippen LogP contribution in [0.3, 0.4) is 0 Å². The number of anilines is 1. The van der Waals surface area contributed by atoms with E-state index in [0.717, 1.165) is 23.0 Å². The predicted octanol–water partition coefficient (Wildman–Crippen LogP) is 5.01. The second-order valence-corrected chi connectivity index (χ2v) is 9.06. The quantitative estimate of drug-likeness (QED) is 0.351. The van der Waals surface area contributed by atoms with E-state index in [9.17, 15) is 18.0 Å². The average molecular weight is 509 g/mol. The fourth-order valence-corrected chi connectivity index (χ4v) is 4.22. The number of rotatable bonds is 5. The van der Waals surface area contributed by atoms with Gasteiger partial charge in [0, 0.05) is 37.1 Å². The highest BCUT2D eigenvalue weighted by molar-refractivity contribution is 5.83. The number of ether oxygens (including phenoxy) is 1. The summed E-state index contributed by atoms with van der Waals surface area (Å²) in [5.74, 6) is 1.15. The van der Waals surface area contributed by atoms with Gasteiger partial charge in [-0.1, -0.05) is 38.1 Å². The molecule has 1 aliphatic rings. The van der Waals surface area contributed by atoms with Crippen molar-refractivity contribution < 1.29 is 22.7 Å². The van der Waals surface area contributed by atoms with Gasteiger partial charge in [0.15, 0.2) is 23.1 Å². The molecule has 8 nitrogen and oxygen atoms in total. The van der Waals surface area contributed by atoms with Gasteiger partial charge in [-0.2, -0.15) is 13.2 Å². The fraction of sp³-hybridized carbons (Fsp3) is 0.269. The highest BCUT2D eigenvalue weighted by Gasteiger charge is 2.34. The van der Waals surface area contributed by atoms with E-state index in [2.05, 4.69) is 15.0 Å². The Balaban J connectivity index is 1.43. The topological polar surface area (TPSA) is 86.0 Å². The summed E-state index contributed by atoms with van der Waals surface area (Å²) in [4.78, 5) is 31.4. The number of pyridine rings is 1. The first-order chi connectivity index (χ1) is 17.6. The number of carbonyl (C=O) groups excluding carboxylic acids is 1. The number of aryl methyl sites for hydroxylation is 1. The van der Waals surface area contributed by atoms with E-state index in [1.54, 1.807) is 35.4 Å². The molecule has 0 fully saturated rings. The van der Waals surface area contributed by atoms with Crippen molar-refractivity contribution in [3.05, 3.63) is 71.9 Å². The molecule has 0 aliphatic carbocycles. The van der Waals surface area contributed by atoms with Crippen LogP contribution < -0.4 is 9.64 Å². The number of aromatic nitrogens is 5. The number of hydrogen-bond acceptors (Lipinski definition) is 7. The minimum absolute atomic E-state index is 0.0103. The summed E-state index contributed by atoms with van der Waals surface area (Å²) in [5.41, 5.74) is 2.10. The summed E-state index contributed by atoms with van der Waals surface area (Å²) in [6.07, 6.45) is -0.340. The van der Waals surface area contributed by atoms with Crippen LogP contribution in [0.4, 0.5) is 19.0 Å². The van der Waals surface area contributed by atoms with Crippen molar-refractivity contribution in [2.24, 2.45) is 7.05 Å². The van der Waals surface area contributed by atoms with Gasteiger partial charge in [0.25, 0.3) is 0 Å². The van der Waals surface area contributed by atoms with Crippen molar-refractivity contribution in [1.29, 1.82) is 0 Å². The Kier molecular flexibility index (Phi) is 6.14. The van der Waals surface area contributed by atoms with Crippen molar-refractivity contribution in [3.63, 3.8) is 0 Å². The molecule has 4 heterocycles. The van der Waals surface area contributed by atoms with Gasteiger partial charge in [-0.05, 0) is 23.6 Å². The molecular formula is C26H23F3N6O2. The van der Waals surface area contributed by atoms with Crippen LogP contribution in [0.2, 0.25) is 0 Å². The largest absolute Gasteiger partial charge is 0.434 e. The molecule has 11 heteroatoms. The van der Waals surface area contributed by atoms with E-state index in [4.69, 9.17) is 9.72 Å². The van der Waals surface area contributed by atoms with Crippen molar-refractivity contribution in [1.82, 2.24) is 24.5 Å². The van der Waals surface area contributed by atoms with Gasteiger partial charge < -0.3 is 14.2 Å². The third-order valence-corrected chi connectivity index (χ3v) is 5.96. The number of fused-ring (bicyclic) bond motifs is 1. The first-order valence-corrected chi connectivity index (χ1v) is 11.6. The van der Waals surface area contributed by atoms with E-state index in [1.165, 1.54) is 17.8 Å². The number of nitrogens with zero attached hydrogens (tertiary/aromatic N) is 6. The third-order valence-electron chi connectivity index (χ3n) is 5.96. The number of hydrogen-bond donors (Lipinski definition) is 0. The predicted molar refractivity (Wildman–Crippen MR) is 130 cm³/mol. The molecule has 0 spiro atoms. The average Bonchev–Trinajstić information content (AvgIpc) is 3.26. The first-order valence-electron chi connectivity index (χ1n) is 11.6. The lowest BCUT2D eigenvalue weighted by Crippen LogP contribution is -2.37. The number of benzene rings is 1. The van der Waals surface area contributed by atoms with E-state index < -0.39 is 17.8 Å². The zero-order valence-electron chi connectivity index (χ0n) is 20.3. The fourth-order valence-electron chi connectivity index (χ4n) is 4.22. The van der Waals surface area contributed by atoms with Crippen LogP contribution in [0.25, 0.3) is 22.8 Å². The van der Waals surface area contributed by atoms with Gasteiger partial charge in [0.05, 0.1) is 11.9 Å². The smallest absolute Gasteiger partial charge is 0.420 e. The monoisotopic (exact) mass is 508 g/mol. The molecule has 0 saturated heterocycles. The Morgan fingerprint density at radius 1 is 1.08 bits per heavy atom. The van der Waals surface area contributed by atoms with Crippen LogP contribution in [0.1, 0.15) is 36.7 Å². The first kappa shape index (κ1) is 24.4. The van der Waals surface area contributed by atoms with E-state index in [0.29, 0.717) is 23.8 Å². The van der Waals surface area contributed by atoms with Crippen LogP contribution in [0.15, 0.2) is 55.0 Å². The molecular weight excluding hydrogens is 485 g/mol. The summed E-state index contributed by atoms with van der Waals surface area (Å²) < 4.78 is 45.8. The maximum atomic E-state index is 13.0. The van der Waals surface area contributed by atoms with Gasteiger partial charge in [-0.3, -0.25) is 4.98 Å². The maximum absolute atomic E-state index is 13.0.